The number of nitrogens with one attached hydrogen (secondary N) is 1. The number of hydrogen-bond donors (Lipinski definition) is 1. The van der Waals surface area contributed by atoms with Crippen molar-refractivity contribution in [1.82, 2.24) is 14.5 Å². The second-order valence-corrected chi connectivity index (χ2v) is 8.29. The van der Waals surface area contributed by atoms with Crippen LogP contribution in [0.4, 0.5) is 0 Å². The molecule has 25 heavy (non-hydrogen) atoms. The summed E-state index contributed by atoms with van der Waals surface area (Å²) in [4.78, 5) is 4.93. The van der Waals surface area contributed by atoms with Crippen LogP contribution in [0.5, 0.6) is 0 Å². The van der Waals surface area contributed by atoms with Gasteiger partial charge in [-0.05, 0) is 24.7 Å². The van der Waals surface area contributed by atoms with Gasteiger partial charge >= 0.3 is 0 Å². The van der Waals surface area contributed by atoms with Gasteiger partial charge in [0.1, 0.15) is 0 Å². The standard InChI is InChI=1S/C19H25N3O2S/c1-21-12-13-22(15-17-8-4-2-5-9-17)16-18(21)14-20-25(23,24)19-10-6-3-7-11-19/h2-11,18,20H,12-16H2,1H3. The lowest BCUT2D eigenvalue weighted by Gasteiger charge is -2.39. The van der Waals surface area contributed by atoms with Gasteiger partial charge in [-0.15, -0.1) is 0 Å². The van der Waals surface area contributed by atoms with Crippen LogP contribution < -0.4 is 4.72 Å². The highest BCUT2D eigenvalue weighted by atomic mass is 32.2. The number of hydrogen-bond acceptors (Lipinski definition) is 4. The number of benzene rings is 2. The molecular weight excluding hydrogens is 334 g/mol. The van der Waals surface area contributed by atoms with Crippen molar-refractivity contribution in [1.29, 1.82) is 0 Å². The predicted octanol–water partition coefficient (Wildman–Crippen LogP) is 1.78. The van der Waals surface area contributed by atoms with Crippen molar-refractivity contribution in [2.45, 2.75) is 17.5 Å². The minimum Gasteiger partial charge on any atom is -0.300 e. The largest absolute Gasteiger partial charge is 0.300 e. The molecule has 1 heterocycles. The lowest BCUT2D eigenvalue weighted by atomic mass is 10.1. The zero-order valence-electron chi connectivity index (χ0n) is 14.5. The predicted molar refractivity (Wildman–Crippen MR) is 99.8 cm³/mol. The molecule has 1 aliphatic rings. The van der Waals surface area contributed by atoms with Crippen LogP contribution in [0.3, 0.4) is 0 Å². The molecule has 0 bridgehead atoms. The number of sulfonamides is 1. The molecule has 0 amide bonds. The number of rotatable bonds is 6. The van der Waals surface area contributed by atoms with Crippen molar-refractivity contribution < 1.29 is 8.42 Å². The summed E-state index contributed by atoms with van der Waals surface area (Å²) in [5.74, 6) is 0. The molecule has 1 saturated heterocycles. The van der Waals surface area contributed by atoms with Gasteiger partial charge in [0, 0.05) is 38.8 Å². The normalized spacial score (nSPS) is 19.8. The summed E-state index contributed by atoms with van der Waals surface area (Å²) in [6, 6.07) is 19.1. The fraction of sp³-hybridized carbons (Fsp3) is 0.368. The summed E-state index contributed by atoms with van der Waals surface area (Å²) in [5, 5.41) is 0. The summed E-state index contributed by atoms with van der Waals surface area (Å²) < 4.78 is 27.6. The van der Waals surface area contributed by atoms with Gasteiger partial charge in [0.05, 0.1) is 4.90 Å². The first-order valence-corrected chi connectivity index (χ1v) is 10.0. The minimum absolute atomic E-state index is 0.163. The van der Waals surface area contributed by atoms with Crippen LogP contribution in [0.25, 0.3) is 0 Å². The van der Waals surface area contributed by atoms with Crippen molar-refractivity contribution in [3.05, 3.63) is 66.2 Å². The molecule has 1 fully saturated rings. The number of likely N-dealkylation sites (N-methyl/N-ethyl adjacent to an activating group) is 1. The molecule has 1 atom stereocenters. The van der Waals surface area contributed by atoms with E-state index in [1.165, 1.54) is 5.56 Å². The Labute approximate surface area is 150 Å². The number of nitrogens with zero attached hydrogens (tertiary/aromatic N) is 2. The Morgan fingerprint density at radius 2 is 1.64 bits per heavy atom. The summed E-state index contributed by atoms with van der Waals surface area (Å²) in [7, 11) is -1.40. The van der Waals surface area contributed by atoms with E-state index in [-0.39, 0.29) is 6.04 Å². The highest BCUT2D eigenvalue weighted by Crippen LogP contribution is 2.13. The maximum Gasteiger partial charge on any atom is 0.240 e. The maximum absolute atomic E-state index is 12.4. The van der Waals surface area contributed by atoms with E-state index in [0.29, 0.717) is 11.4 Å². The van der Waals surface area contributed by atoms with Gasteiger partial charge in [0.2, 0.25) is 10.0 Å². The smallest absolute Gasteiger partial charge is 0.240 e. The molecule has 0 radical (unpaired) electrons. The molecule has 1 aliphatic heterocycles. The summed E-state index contributed by atoms with van der Waals surface area (Å²) in [5.41, 5.74) is 1.29. The third kappa shape index (κ3) is 4.89. The molecular formula is C19H25N3O2S. The lowest BCUT2D eigenvalue weighted by molar-refractivity contribution is 0.0928. The Morgan fingerprint density at radius 1 is 1.00 bits per heavy atom. The van der Waals surface area contributed by atoms with E-state index in [4.69, 9.17) is 0 Å². The zero-order chi connectivity index (χ0) is 17.7. The Morgan fingerprint density at radius 3 is 2.32 bits per heavy atom. The van der Waals surface area contributed by atoms with Crippen LogP contribution in [0.1, 0.15) is 5.56 Å². The molecule has 2 aromatic carbocycles. The summed E-state index contributed by atoms with van der Waals surface area (Å²) in [6.45, 7) is 4.09. The molecule has 0 aromatic heterocycles. The van der Waals surface area contributed by atoms with E-state index < -0.39 is 10.0 Å². The third-order valence-corrected chi connectivity index (χ3v) is 6.11. The fourth-order valence-electron chi connectivity index (χ4n) is 3.10. The molecule has 134 valence electrons. The van der Waals surface area contributed by atoms with Gasteiger partial charge in [-0.2, -0.15) is 0 Å². The third-order valence-electron chi connectivity index (χ3n) is 4.67. The second kappa shape index (κ2) is 8.10. The monoisotopic (exact) mass is 359 g/mol. The number of piperazine rings is 1. The van der Waals surface area contributed by atoms with E-state index in [1.807, 2.05) is 12.1 Å². The van der Waals surface area contributed by atoms with Crippen molar-refractivity contribution in [3.8, 4) is 0 Å². The molecule has 0 aliphatic carbocycles. The molecule has 3 rings (SSSR count). The van der Waals surface area contributed by atoms with Crippen LogP contribution in [0.2, 0.25) is 0 Å². The van der Waals surface area contributed by atoms with Crippen LogP contribution in [0.15, 0.2) is 65.6 Å². The molecule has 5 nitrogen and oxygen atoms in total. The van der Waals surface area contributed by atoms with Gasteiger partial charge in [-0.25, -0.2) is 13.1 Å². The Kier molecular flexibility index (Phi) is 5.86. The van der Waals surface area contributed by atoms with Crippen LogP contribution >= 0.6 is 0 Å². The van der Waals surface area contributed by atoms with Gasteiger partial charge < -0.3 is 0 Å². The summed E-state index contributed by atoms with van der Waals surface area (Å²) >= 11 is 0. The fourth-order valence-corrected chi connectivity index (χ4v) is 4.20. The van der Waals surface area contributed by atoms with Gasteiger partial charge in [-0.3, -0.25) is 9.80 Å². The van der Waals surface area contributed by atoms with E-state index in [0.717, 1.165) is 26.2 Å². The molecule has 2 aromatic rings. The first-order chi connectivity index (χ1) is 12.0. The average molecular weight is 359 g/mol. The van der Waals surface area contributed by atoms with Crippen molar-refractivity contribution in [2.75, 3.05) is 33.2 Å². The molecule has 1 N–H and O–H groups in total. The zero-order valence-corrected chi connectivity index (χ0v) is 15.3. The molecule has 0 saturated carbocycles. The highest BCUT2D eigenvalue weighted by molar-refractivity contribution is 7.89. The van der Waals surface area contributed by atoms with Crippen LogP contribution in [0, 0.1) is 0 Å². The average Bonchev–Trinajstić information content (AvgIpc) is 2.64. The Balaban J connectivity index is 1.59. The lowest BCUT2D eigenvalue weighted by Crippen LogP contribution is -2.55. The van der Waals surface area contributed by atoms with Crippen molar-refractivity contribution >= 4 is 10.0 Å². The minimum atomic E-state index is -3.45. The topological polar surface area (TPSA) is 52.6 Å². The van der Waals surface area contributed by atoms with E-state index in [2.05, 4.69) is 45.8 Å². The van der Waals surface area contributed by atoms with Gasteiger partial charge in [-0.1, -0.05) is 48.5 Å². The van der Waals surface area contributed by atoms with Gasteiger partial charge in [0.15, 0.2) is 0 Å². The van der Waals surface area contributed by atoms with E-state index in [1.54, 1.807) is 24.3 Å². The summed E-state index contributed by atoms with van der Waals surface area (Å²) in [6.07, 6.45) is 0. The first-order valence-electron chi connectivity index (χ1n) is 8.56. The van der Waals surface area contributed by atoms with E-state index >= 15 is 0 Å². The SMILES string of the molecule is CN1CCN(Cc2ccccc2)CC1CNS(=O)(=O)c1ccccc1. The maximum atomic E-state index is 12.4. The Hall–Kier alpha value is -1.73. The van der Waals surface area contributed by atoms with Crippen LogP contribution in [-0.4, -0.2) is 57.5 Å². The first kappa shape index (κ1) is 18.1. The molecule has 0 spiro atoms. The second-order valence-electron chi connectivity index (χ2n) is 6.52. The molecule has 1 unspecified atom stereocenters. The van der Waals surface area contributed by atoms with Crippen molar-refractivity contribution in [3.63, 3.8) is 0 Å². The van der Waals surface area contributed by atoms with Crippen molar-refractivity contribution in [2.24, 2.45) is 0 Å². The van der Waals surface area contributed by atoms with E-state index in [9.17, 15) is 8.42 Å². The van der Waals surface area contributed by atoms with Crippen LogP contribution in [-0.2, 0) is 16.6 Å². The Bertz CT molecular complexity index is 766. The quantitative estimate of drug-likeness (QED) is 0.854. The van der Waals surface area contributed by atoms with Gasteiger partial charge in [0.25, 0.3) is 0 Å². The molecule has 6 heteroatoms. The highest BCUT2D eigenvalue weighted by Gasteiger charge is 2.26.